The van der Waals surface area contributed by atoms with Crippen molar-refractivity contribution in [1.29, 1.82) is 0 Å². The van der Waals surface area contributed by atoms with Crippen LogP contribution in [0.15, 0.2) is 23.0 Å². The standard InChI is InChI=1S/C20H25N3O5S/c1-20(2)9-12(6-7-28-20)23-18-16(19(26)22-23)17(29-10-15(25)21-18)11-4-5-14(27-3)13(24)8-11/h4-5,8,12,17,24H,6-7,9-10H2,1-3H3,(H,21,25)(H,22,26)/t12-,17-/m0/s1. The Bertz CT molecular complexity index is 996. The first-order valence-corrected chi connectivity index (χ1v) is 10.6. The number of nitrogens with zero attached hydrogens (tertiary/aromatic N) is 1. The normalized spacial score (nSPS) is 23.8. The third-order valence-corrected chi connectivity index (χ3v) is 6.68. The van der Waals surface area contributed by atoms with Gasteiger partial charge in [-0.2, -0.15) is 0 Å². The van der Waals surface area contributed by atoms with Crippen LogP contribution in [0.4, 0.5) is 5.82 Å². The molecule has 2 aliphatic rings. The first-order valence-electron chi connectivity index (χ1n) is 9.56. The van der Waals surface area contributed by atoms with E-state index < -0.39 is 5.25 Å². The molecule has 0 aliphatic carbocycles. The van der Waals surface area contributed by atoms with Crippen LogP contribution >= 0.6 is 11.8 Å². The second kappa shape index (κ2) is 7.46. The van der Waals surface area contributed by atoms with E-state index >= 15 is 0 Å². The average Bonchev–Trinajstić information content (AvgIpc) is 2.87. The van der Waals surface area contributed by atoms with Gasteiger partial charge in [-0.15, -0.1) is 11.8 Å². The minimum absolute atomic E-state index is 0.00211. The van der Waals surface area contributed by atoms with Crippen molar-refractivity contribution in [3.05, 3.63) is 39.7 Å². The summed E-state index contributed by atoms with van der Waals surface area (Å²) in [7, 11) is 1.48. The summed E-state index contributed by atoms with van der Waals surface area (Å²) < 4.78 is 12.7. The molecule has 156 valence electrons. The molecule has 1 fully saturated rings. The molecule has 3 heterocycles. The Hall–Kier alpha value is -2.39. The summed E-state index contributed by atoms with van der Waals surface area (Å²) in [5.41, 5.74) is 0.692. The molecule has 0 saturated carbocycles. The lowest BCUT2D eigenvalue weighted by atomic mass is 9.94. The lowest BCUT2D eigenvalue weighted by molar-refractivity contribution is -0.113. The Morgan fingerprint density at radius 2 is 2.14 bits per heavy atom. The lowest BCUT2D eigenvalue weighted by Gasteiger charge is -2.36. The molecule has 1 amide bonds. The molecule has 2 atom stereocenters. The van der Waals surface area contributed by atoms with Crippen LogP contribution in [0.5, 0.6) is 11.5 Å². The van der Waals surface area contributed by atoms with Gasteiger partial charge in [0.2, 0.25) is 5.91 Å². The van der Waals surface area contributed by atoms with E-state index in [0.717, 1.165) is 18.4 Å². The third-order valence-electron chi connectivity index (χ3n) is 5.41. The van der Waals surface area contributed by atoms with Crippen molar-refractivity contribution in [3.63, 3.8) is 0 Å². The first kappa shape index (κ1) is 19.9. The van der Waals surface area contributed by atoms with E-state index in [2.05, 4.69) is 10.4 Å². The number of phenols is 1. The van der Waals surface area contributed by atoms with Gasteiger partial charge in [-0.05, 0) is 44.4 Å². The number of carbonyl (C=O) groups excluding carboxylic acids is 1. The highest BCUT2D eigenvalue weighted by Crippen LogP contribution is 2.43. The summed E-state index contributed by atoms with van der Waals surface area (Å²) in [4.78, 5) is 25.4. The number of hydrogen-bond acceptors (Lipinski definition) is 6. The fourth-order valence-electron chi connectivity index (χ4n) is 4.07. The van der Waals surface area contributed by atoms with Crippen molar-refractivity contribution in [3.8, 4) is 11.5 Å². The average molecular weight is 420 g/mol. The van der Waals surface area contributed by atoms with Gasteiger partial charge in [0, 0.05) is 6.61 Å². The smallest absolute Gasteiger partial charge is 0.270 e. The molecular formula is C20H25N3O5S. The maximum Gasteiger partial charge on any atom is 0.270 e. The van der Waals surface area contributed by atoms with Crippen LogP contribution in [0.2, 0.25) is 0 Å². The van der Waals surface area contributed by atoms with E-state index in [1.807, 2.05) is 19.9 Å². The van der Waals surface area contributed by atoms with E-state index in [9.17, 15) is 14.7 Å². The zero-order valence-electron chi connectivity index (χ0n) is 16.7. The number of phenolic OH excluding ortho intramolecular Hbond substituents is 1. The van der Waals surface area contributed by atoms with Crippen LogP contribution in [0, 0.1) is 0 Å². The molecule has 0 unspecified atom stereocenters. The topological polar surface area (TPSA) is 106 Å². The Morgan fingerprint density at radius 1 is 1.34 bits per heavy atom. The van der Waals surface area contributed by atoms with E-state index in [0.29, 0.717) is 23.7 Å². The van der Waals surface area contributed by atoms with Gasteiger partial charge < -0.3 is 19.9 Å². The number of thioether (sulfide) groups is 1. The van der Waals surface area contributed by atoms with Crippen molar-refractivity contribution in [1.82, 2.24) is 9.78 Å². The summed E-state index contributed by atoms with van der Waals surface area (Å²) in [5.74, 6) is 0.921. The fourth-order valence-corrected chi connectivity index (χ4v) is 5.19. The number of aromatic hydroxyl groups is 1. The highest BCUT2D eigenvalue weighted by atomic mass is 32.2. The summed E-state index contributed by atoms with van der Waals surface area (Å²) >= 11 is 1.36. The molecule has 29 heavy (non-hydrogen) atoms. The number of benzene rings is 1. The second-order valence-corrected chi connectivity index (χ2v) is 9.09. The minimum Gasteiger partial charge on any atom is -0.504 e. The molecule has 0 radical (unpaired) electrons. The Labute approximate surface area is 172 Å². The maximum absolute atomic E-state index is 13.0. The second-order valence-electron chi connectivity index (χ2n) is 8.00. The van der Waals surface area contributed by atoms with Crippen LogP contribution in [-0.4, -0.2) is 45.9 Å². The summed E-state index contributed by atoms with van der Waals surface area (Å²) in [6, 6.07) is 5.08. The number of carbonyl (C=O) groups is 1. The summed E-state index contributed by atoms with van der Waals surface area (Å²) in [5, 5.41) is 15.7. The molecule has 1 aromatic carbocycles. The molecule has 1 saturated heterocycles. The molecule has 2 aliphatic heterocycles. The van der Waals surface area contributed by atoms with Gasteiger partial charge in [-0.25, -0.2) is 0 Å². The highest BCUT2D eigenvalue weighted by Gasteiger charge is 2.36. The molecule has 9 heteroatoms. The van der Waals surface area contributed by atoms with Gasteiger partial charge in [0.05, 0.1) is 35.3 Å². The molecule has 2 aromatic rings. The van der Waals surface area contributed by atoms with Gasteiger partial charge in [-0.1, -0.05) is 6.07 Å². The number of H-pyrrole nitrogens is 1. The molecule has 8 nitrogen and oxygen atoms in total. The zero-order valence-corrected chi connectivity index (χ0v) is 17.5. The molecular weight excluding hydrogens is 394 g/mol. The van der Waals surface area contributed by atoms with Crippen molar-refractivity contribution < 1.29 is 19.4 Å². The number of methoxy groups -OCH3 is 1. The van der Waals surface area contributed by atoms with E-state index in [1.54, 1.807) is 16.8 Å². The first-order chi connectivity index (χ1) is 13.8. The number of nitrogens with one attached hydrogen (secondary N) is 2. The predicted molar refractivity (Wildman–Crippen MR) is 111 cm³/mol. The monoisotopic (exact) mass is 419 g/mol. The van der Waals surface area contributed by atoms with Gasteiger partial charge in [0.1, 0.15) is 5.82 Å². The molecule has 4 rings (SSSR count). The number of amides is 1. The molecule has 0 spiro atoms. The van der Waals surface area contributed by atoms with E-state index in [-0.39, 0.29) is 34.6 Å². The molecule has 1 aromatic heterocycles. The number of aromatic nitrogens is 2. The number of aromatic amines is 1. The zero-order chi connectivity index (χ0) is 20.8. The van der Waals surface area contributed by atoms with Crippen LogP contribution in [0.3, 0.4) is 0 Å². The van der Waals surface area contributed by atoms with Gasteiger partial charge in [0.25, 0.3) is 5.56 Å². The van der Waals surface area contributed by atoms with E-state index in [4.69, 9.17) is 9.47 Å². The highest BCUT2D eigenvalue weighted by molar-refractivity contribution is 8.00. The fraction of sp³-hybridized carbons (Fsp3) is 0.500. The van der Waals surface area contributed by atoms with Crippen LogP contribution < -0.4 is 15.6 Å². The largest absolute Gasteiger partial charge is 0.504 e. The molecule has 0 bridgehead atoms. The number of hydrogen-bond donors (Lipinski definition) is 3. The van der Waals surface area contributed by atoms with Crippen molar-refractivity contribution in [2.75, 3.05) is 24.8 Å². The van der Waals surface area contributed by atoms with Crippen molar-refractivity contribution >= 4 is 23.5 Å². The SMILES string of the molecule is COc1ccc([C@@H]2SCC(=O)Nc3c2c(=O)[nH]n3[C@H]2CCOC(C)(C)C2)cc1O. The van der Waals surface area contributed by atoms with Crippen LogP contribution in [0.1, 0.15) is 49.1 Å². The number of rotatable bonds is 3. The lowest BCUT2D eigenvalue weighted by Crippen LogP contribution is -2.36. The Kier molecular flexibility index (Phi) is 5.12. The van der Waals surface area contributed by atoms with Gasteiger partial charge >= 0.3 is 0 Å². The number of fused-ring (bicyclic) bond motifs is 1. The van der Waals surface area contributed by atoms with Gasteiger partial charge in [0.15, 0.2) is 11.5 Å². The Balaban J connectivity index is 1.79. The van der Waals surface area contributed by atoms with Crippen LogP contribution in [-0.2, 0) is 9.53 Å². The quantitative estimate of drug-likeness (QED) is 0.707. The minimum atomic E-state index is -0.390. The Morgan fingerprint density at radius 3 is 2.83 bits per heavy atom. The number of anilines is 1. The van der Waals surface area contributed by atoms with Crippen molar-refractivity contribution in [2.24, 2.45) is 0 Å². The third kappa shape index (κ3) is 3.76. The summed E-state index contributed by atoms with van der Waals surface area (Å²) in [6.07, 6.45) is 1.47. The van der Waals surface area contributed by atoms with Crippen LogP contribution in [0.25, 0.3) is 0 Å². The van der Waals surface area contributed by atoms with Crippen molar-refractivity contribution in [2.45, 2.75) is 43.6 Å². The van der Waals surface area contributed by atoms with E-state index in [1.165, 1.54) is 18.9 Å². The van der Waals surface area contributed by atoms with Gasteiger partial charge in [-0.3, -0.25) is 19.4 Å². The number of ether oxygens (including phenoxy) is 2. The summed E-state index contributed by atoms with van der Waals surface area (Å²) in [6.45, 7) is 4.64. The molecule has 3 N–H and O–H groups in total. The predicted octanol–water partition coefficient (Wildman–Crippen LogP) is 2.80. The maximum atomic E-state index is 13.0.